The van der Waals surface area contributed by atoms with E-state index in [9.17, 15) is 15.0 Å². The van der Waals surface area contributed by atoms with Crippen molar-refractivity contribution in [2.45, 2.75) is 55.7 Å². The zero-order valence-corrected chi connectivity index (χ0v) is 20.6. The zero-order chi connectivity index (χ0) is 25.1. The van der Waals surface area contributed by atoms with Crippen LogP contribution in [0.15, 0.2) is 54.7 Å². The minimum absolute atomic E-state index is 0.115. The van der Waals surface area contributed by atoms with E-state index in [0.717, 1.165) is 32.4 Å². The van der Waals surface area contributed by atoms with Gasteiger partial charge in [0.25, 0.3) is 0 Å². The first-order valence-electron chi connectivity index (χ1n) is 12.7. The number of β-amino-alcohol motifs (C(OH)–C–C–N with tert-alkyl or cyclic N) is 1. The molecule has 0 spiro atoms. The van der Waals surface area contributed by atoms with E-state index in [2.05, 4.69) is 44.5 Å². The lowest BCUT2D eigenvalue weighted by Gasteiger charge is -2.43. The summed E-state index contributed by atoms with van der Waals surface area (Å²) in [7, 11) is 1.54. The van der Waals surface area contributed by atoms with E-state index in [4.69, 9.17) is 4.74 Å². The van der Waals surface area contributed by atoms with Gasteiger partial charge in [0.1, 0.15) is 5.54 Å². The number of carboxylic acid groups (broad SMARTS) is 1. The summed E-state index contributed by atoms with van der Waals surface area (Å²) in [6.07, 6.45) is 4.80. The first-order valence-corrected chi connectivity index (χ1v) is 12.7. The number of carboxylic acids is 1. The molecule has 2 aromatic heterocycles. The van der Waals surface area contributed by atoms with Crippen LogP contribution in [0, 0.1) is 0 Å². The number of benzene rings is 1. The number of nitrogens with one attached hydrogen (secondary N) is 1. The third-order valence-corrected chi connectivity index (χ3v) is 7.98. The second-order valence-electron chi connectivity index (χ2n) is 10.0. The van der Waals surface area contributed by atoms with Gasteiger partial charge in [0.05, 0.1) is 24.2 Å². The molecule has 2 atom stereocenters. The average molecular weight is 491 g/mol. The van der Waals surface area contributed by atoms with Gasteiger partial charge in [-0.3, -0.25) is 15.1 Å². The number of methoxy groups -OCH3 is 1. The number of pyridine rings is 2. The topological polar surface area (TPSA) is 108 Å². The number of ether oxygens (including phenoxy) is 1. The summed E-state index contributed by atoms with van der Waals surface area (Å²) in [5.74, 6) is 0.180. The number of carbonyl (C=O) groups is 1. The third kappa shape index (κ3) is 4.93. The van der Waals surface area contributed by atoms with Crippen LogP contribution in [0.25, 0.3) is 11.0 Å². The normalized spacial score (nSPS) is 25.6. The molecular formula is C28H34N4O4. The third-order valence-electron chi connectivity index (χ3n) is 7.98. The fourth-order valence-corrected chi connectivity index (χ4v) is 5.68. The molecule has 8 nitrogen and oxygen atoms in total. The molecule has 1 saturated heterocycles. The molecule has 8 heteroatoms. The predicted molar refractivity (Wildman–Crippen MR) is 137 cm³/mol. The Balaban J connectivity index is 1.23. The van der Waals surface area contributed by atoms with E-state index >= 15 is 0 Å². The van der Waals surface area contributed by atoms with Crippen molar-refractivity contribution in [2.75, 3.05) is 26.7 Å². The van der Waals surface area contributed by atoms with Gasteiger partial charge in [-0.1, -0.05) is 30.3 Å². The Morgan fingerprint density at radius 1 is 1.17 bits per heavy atom. The van der Waals surface area contributed by atoms with E-state index in [-0.39, 0.29) is 6.54 Å². The minimum Gasteiger partial charge on any atom is -0.481 e. The van der Waals surface area contributed by atoms with Crippen molar-refractivity contribution in [3.8, 4) is 5.88 Å². The van der Waals surface area contributed by atoms with E-state index in [0.29, 0.717) is 47.3 Å². The molecule has 3 heterocycles. The maximum atomic E-state index is 12.5. The van der Waals surface area contributed by atoms with E-state index in [1.54, 1.807) is 31.5 Å². The Bertz CT molecular complexity index is 1200. The summed E-state index contributed by atoms with van der Waals surface area (Å²) in [6, 6.07) is 16.4. The minimum atomic E-state index is -1.06. The quantitative estimate of drug-likeness (QED) is 0.440. The fraction of sp³-hybridized carbons (Fsp3) is 0.464. The molecule has 5 rings (SSSR count). The highest BCUT2D eigenvalue weighted by atomic mass is 16.5. The van der Waals surface area contributed by atoms with Crippen LogP contribution in [-0.4, -0.2) is 69.4 Å². The van der Waals surface area contributed by atoms with Crippen LogP contribution in [0.3, 0.4) is 0 Å². The molecule has 1 unspecified atom stereocenters. The molecule has 1 aliphatic carbocycles. The zero-order valence-electron chi connectivity index (χ0n) is 20.6. The van der Waals surface area contributed by atoms with Gasteiger partial charge in [-0.2, -0.15) is 0 Å². The predicted octanol–water partition coefficient (Wildman–Crippen LogP) is 3.52. The van der Waals surface area contributed by atoms with Crippen molar-refractivity contribution in [3.05, 3.63) is 65.9 Å². The number of hydrogen-bond donors (Lipinski definition) is 3. The maximum Gasteiger partial charge on any atom is 0.323 e. The molecule has 1 aliphatic heterocycles. The van der Waals surface area contributed by atoms with Crippen molar-refractivity contribution >= 4 is 17.0 Å². The highest BCUT2D eigenvalue weighted by Gasteiger charge is 2.42. The van der Waals surface area contributed by atoms with E-state index in [1.165, 1.54) is 5.56 Å². The fourth-order valence-electron chi connectivity index (χ4n) is 5.68. The molecule has 2 fully saturated rings. The Hall–Kier alpha value is -3.07. The molecular weight excluding hydrogens is 456 g/mol. The Morgan fingerprint density at radius 3 is 2.72 bits per heavy atom. The van der Waals surface area contributed by atoms with Crippen LogP contribution in [0.2, 0.25) is 0 Å². The van der Waals surface area contributed by atoms with Gasteiger partial charge in [0.15, 0.2) is 0 Å². The molecule has 3 aromatic rings. The van der Waals surface area contributed by atoms with Crippen LogP contribution < -0.4 is 10.1 Å². The molecule has 1 aromatic carbocycles. The lowest BCUT2D eigenvalue weighted by atomic mass is 9.75. The summed E-state index contributed by atoms with van der Waals surface area (Å²) in [6.45, 7) is 1.76. The van der Waals surface area contributed by atoms with Gasteiger partial charge in [0, 0.05) is 37.0 Å². The van der Waals surface area contributed by atoms with Crippen molar-refractivity contribution in [1.29, 1.82) is 0 Å². The average Bonchev–Trinajstić information content (AvgIpc) is 3.10. The van der Waals surface area contributed by atoms with Crippen LogP contribution in [-0.2, 0) is 4.79 Å². The number of rotatable bonds is 8. The summed E-state index contributed by atoms with van der Waals surface area (Å²) in [5.41, 5.74) is 2.14. The molecule has 3 N–H and O–H groups in total. The smallest absolute Gasteiger partial charge is 0.323 e. The van der Waals surface area contributed by atoms with Gasteiger partial charge in [0.2, 0.25) is 5.88 Å². The van der Waals surface area contributed by atoms with Crippen molar-refractivity contribution in [1.82, 2.24) is 20.2 Å². The molecule has 190 valence electrons. The van der Waals surface area contributed by atoms with E-state index in [1.807, 2.05) is 6.07 Å². The Morgan fingerprint density at radius 2 is 1.97 bits per heavy atom. The van der Waals surface area contributed by atoms with Crippen LogP contribution in [0.4, 0.5) is 0 Å². The highest BCUT2D eigenvalue weighted by molar-refractivity contribution is 5.79. The first kappa shape index (κ1) is 24.6. The maximum absolute atomic E-state index is 12.5. The molecule has 0 bridgehead atoms. The summed E-state index contributed by atoms with van der Waals surface area (Å²) < 4.78 is 5.23. The number of aliphatic hydroxyl groups excluding tert-OH is 1. The lowest BCUT2D eigenvalue weighted by molar-refractivity contribution is -0.145. The van der Waals surface area contributed by atoms with Gasteiger partial charge >= 0.3 is 5.97 Å². The number of fused-ring (bicyclic) bond motifs is 1. The summed E-state index contributed by atoms with van der Waals surface area (Å²) in [4.78, 5) is 23.7. The lowest BCUT2D eigenvalue weighted by Crippen LogP contribution is -2.54. The van der Waals surface area contributed by atoms with Crippen molar-refractivity contribution in [3.63, 3.8) is 0 Å². The number of nitrogens with zero attached hydrogens (tertiary/aromatic N) is 3. The number of likely N-dealkylation sites (tertiary alicyclic amines) is 1. The second-order valence-corrected chi connectivity index (χ2v) is 10.0. The molecule has 0 amide bonds. The van der Waals surface area contributed by atoms with Crippen molar-refractivity contribution in [2.24, 2.45) is 0 Å². The number of aromatic nitrogens is 2. The summed E-state index contributed by atoms with van der Waals surface area (Å²) >= 11 is 0. The Labute approximate surface area is 211 Å². The first-order chi connectivity index (χ1) is 17.5. The number of aliphatic hydroxyl groups is 1. The van der Waals surface area contributed by atoms with Gasteiger partial charge in [-0.05, 0) is 62.3 Å². The molecule has 0 radical (unpaired) electrons. The standard InChI is InChI=1S/C28H34N4O4/c1-36-25-9-8-23-26(31-25)22(10-13-29-23)24(33)18-30-28(27(34)35)11-5-14-32(15-12-28)21-16-20(17-21)19-6-3-2-4-7-19/h2-4,6-10,13,20-21,24,30,33H,5,11-12,14-18H2,1H3,(H,34,35)/t20?,21?,24-,28?/m0/s1. The molecule has 1 saturated carbocycles. The highest BCUT2D eigenvalue weighted by Crippen LogP contribution is 2.41. The molecule has 36 heavy (non-hydrogen) atoms. The number of aliphatic carboxylic acids is 1. The van der Waals surface area contributed by atoms with Gasteiger partial charge in [-0.15, -0.1) is 0 Å². The SMILES string of the molecule is COc1ccc2nccc([C@@H](O)CNC3(C(=O)O)CCCN(C4CC(c5ccccc5)C4)CC3)c2n1. The van der Waals surface area contributed by atoms with Crippen LogP contribution in [0.5, 0.6) is 5.88 Å². The second kappa shape index (κ2) is 10.5. The van der Waals surface area contributed by atoms with E-state index < -0.39 is 17.6 Å². The van der Waals surface area contributed by atoms with Crippen LogP contribution >= 0.6 is 0 Å². The largest absolute Gasteiger partial charge is 0.481 e. The van der Waals surface area contributed by atoms with Crippen LogP contribution in [0.1, 0.15) is 55.3 Å². The Kier molecular flexibility index (Phi) is 7.18. The van der Waals surface area contributed by atoms with Gasteiger partial charge < -0.3 is 19.8 Å². The number of hydrogen-bond acceptors (Lipinski definition) is 7. The van der Waals surface area contributed by atoms with Crippen molar-refractivity contribution < 1.29 is 19.7 Å². The summed E-state index contributed by atoms with van der Waals surface area (Å²) in [5, 5.41) is 24.5. The molecule has 2 aliphatic rings. The van der Waals surface area contributed by atoms with Gasteiger partial charge in [-0.25, -0.2) is 4.98 Å². The monoisotopic (exact) mass is 490 g/mol.